The molecule has 2 N–H and O–H groups in total. The third kappa shape index (κ3) is 5.29. The predicted octanol–water partition coefficient (Wildman–Crippen LogP) is 4.64. The Balaban J connectivity index is 1.85. The first kappa shape index (κ1) is 15.7. The van der Waals surface area contributed by atoms with Crippen LogP contribution in [0.1, 0.15) is 46.0 Å². The van der Waals surface area contributed by atoms with Crippen LogP contribution in [-0.2, 0) is 4.74 Å². The normalized spacial score (nSPS) is 22.2. The van der Waals surface area contributed by atoms with Crippen LogP contribution in [0.4, 0.5) is 16.2 Å². The molecule has 116 valence electrons. The van der Waals surface area contributed by atoms with E-state index >= 15 is 0 Å². The van der Waals surface area contributed by atoms with E-state index in [-0.39, 0.29) is 0 Å². The predicted molar refractivity (Wildman–Crippen MR) is 86.7 cm³/mol. The van der Waals surface area contributed by atoms with Crippen LogP contribution in [0.15, 0.2) is 24.3 Å². The van der Waals surface area contributed by atoms with Crippen molar-refractivity contribution in [2.75, 3.05) is 17.2 Å². The van der Waals surface area contributed by atoms with Crippen molar-refractivity contribution in [3.8, 4) is 0 Å². The molecule has 0 aromatic heterocycles. The smallest absolute Gasteiger partial charge is 0.411 e. The minimum atomic E-state index is -0.407. The Morgan fingerprint density at radius 1 is 1.14 bits per heavy atom. The molecule has 21 heavy (non-hydrogen) atoms. The molecular weight excluding hydrogens is 264 g/mol. The molecule has 1 aromatic carbocycles. The molecule has 1 aromatic rings. The first-order chi connectivity index (χ1) is 10.2. The van der Waals surface area contributed by atoms with Crippen molar-refractivity contribution in [3.63, 3.8) is 0 Å². The Morgan fingerprint density at radius 2 is 1.86 bits per heavy atom. The monoisotopic (exact) mass is 290 g/mol. The zero-order valence-electron chi connectivity index (χ0n) is 13.0. The molecule has 1 aliphatic rings. The van der Waals surface area contributed by atoms with Crippen molar-refractivity contribution in [3.05, 3.63) is 24.3 Å². The molecule has 1 fully saturated rings. The van der Waals surface area contributed by atoms with E-state index < -0.39 is 6.09 Å². The molecule has 2 rings (SSSR count). The third-order valence-corrected chi connectivity index (χ3v) is 4.03. The van der Waals surface area contributed by atoms with Crippen molar-refractivity contribution >= 4 is 17.5 Å². The quantitative estimate of drug-likeness (QED) is 0.794. The van der Waals surface area contributed by atoms with Gasteiger partial charge in [0.05, 0.1) is 6.61 Å². The third-order valence-electron chi connectivity index (χ3n) is 4.03. The molecule has 1 aliphatic carbocycles. The van der Waals surface area contributed by atoms with Gasteiger partial charge in [0.15, 0.2) is 0 Å². The highest BCUT2D eigenvalue weighted by atomic mass is 16.5. The minimum Gasteiger partial charge on any atom is -0.450 e. The molecular formula is C17H26N2O2. The number of nitrogens with one attached hydrogen (secondary N) is 2. The van der Waals surface area contributed by atoms with E-state index in [1.165, 1.54) is 32.1 Å². The summed E-state index contributed by atoms with van der Waals surface area (Å²) in [5, 5.41) is 6.30. The summed E-state index contributed by atoms with van der Waals surface area (Å²) in [6.45, 7) is 4.52. The summed E-state index contributed by atoms with van der Waals surface area (Å²) in [7, 11) is 0. The summed E-state index contributed by atoms with van der Waals surface area (Å²) in [5.41, 5.74) is 1.87. The lowest BCUT2D eigenvalue weighted by Gasteiger charge is -2.18. The second-order valence-corrected chi connectivity index (χ2v) is 5.88. The number of hydrogen-bond acceptors (Lipinski definition) is 3. The fourth-order valence-corrected chi connectivity index (χ4v) is 2.80. The van der Waals surface area contributed by atoms with Crippen molar-refractivity contribution in [1.82, 2.24) is 0 Å². The maximum absolute atomic E-state index is 11.3. The van der Waals surface area contributed by atoms with Crippen molar-refractivity contribution in [1.29, 1.82) is 0 Å². The largest absolute Gasteiger partial charge is 0.450 e. The van der Waals surface area contributed by atoms with Crippen LogP contribution in [0.2, 0.25) is 0 Å². The highest BCUT2D eigenvalue weighted by Gasteiger charge is 2.15. The van der Waals surface area contributed by atoms with Gasteiger partial charge in [0.25, 0.3) is 0 Å². The van der Waals surface area contributed by atoms with Gasteiger partial charge in [-0.2, -0.15) is 0 Å². The van der Waals surface area contributed by atoms with E-state index in [9.17, 15) is 4.79 Å². The fourth-order valence-electron chi connectivity index (χ4n) is 2.80. The highest BCUT2D eigenvalue weighted by Crippen LogP contribution is 2.25. The summed E-state index contributed by atoms with van der Waals surface area (Å²) in [6.07, 6.45) is 6.04. The van der Waals surface area contributed by atoms with Crippen LogP contribution < -0.4 is 10.6 Å². The van der Waals surface area contributed by atoms with E-state index in [0.29, 0.717) is 12.6 Å². The molecule has 0 heterocycles. The van der Waals surface area contributed by atoms with Gasteiger partial charge < -0.3 is 10.1 Å². The van der Waals surface area contributed by atoms with Gasteiger partial charge >= 0.3 is 6.09 Å². The van der Waals surface area contributed by atoms with Crippen molar-refractivity contribution in [2.45, 2.75) is 52.0 Å². The molecule has 4 nitrogen and oxygen atoms in total. The van der Waals surface area contributed by atoms with Crippen LogP contribution in [-0.4, -0.2) is 18.7 Å². The van der Waals surface area contributed by atoms with E-state index in [4.69, 9.17) is 4.74 Å². The van der Waals surface area contributed by atoms with E-state index in [0.717, 1.165) is 17.3 Å². The second kappa shape index (κ2) is 7.91. The zero-order chi connectivity index (χ0) is 15.1. The molecule has 2 atom stereocenters. The Hall–Kier alpha value is -1.71. The zero-order valence-corrected chi connectivity index (χ0v) is 13.0. The number of anilines is 2. The van der Waals surface area contributed by atoms with Gasteiger partial charge in [-0.25, -0.2) is 4.79 Å². The van der Waals surface area contributed by atoms with Gasteiger partial charge in [-0.3, -0.25) is 5.32 Å². The van der Waals surface area contributed by atoms with Crippen LogP contribution in [0.5, 0.6) is 0 Å². The van der Waals surface area contributed by atoms with Gasteiger partial charge in [-0.1, -0.05) is 19.8 Å². The Bertz CT molecular complexity index is 445. The van der Waals surface area contributed by atoms with E-state index in [1.807, 2.05) is 24.3 Å². The van der Waals surface area contributed by atoms with Crippen molar-refractivity contribution in [2.24, 2.45) is 5.92 Å². The fraction of sp³-hybridized carbons (Fsp3) is 0.588. The van der Waals surface area contributed by atoms with Crippen LogP contribution in [0.25, 0.3) is 0 Å². The molecule has 0 aliphatic heterocycles. The Kier molecular flexibility index (Phi) is 5.90. The molecule has 0 bridgehead atoms. The maximum Gasteiger partial charge on any atom is 0.411 e. The average molecular weight is 290 g/mol. The van der Waals surface area contributed by atoms with Gasteiger partial charge in [0.1, 0.15) is 0 Å². The number of carbonyl (C=O) groups is 1. The van der Waals surface area contributed by atoms with E-state index in [1.54, 1.807) is 6.92 Å². The lowest BCUT2D eigenvalue weighted by Crippen LogP contribution is -2.18. The van der Waals surface area contributed by atoms with E-state index in [2.05, 4.69) is 17.6 Å². The summed E-state index contributed by atoms with van der Waals surface area (Å²) < 4.78 is 4.86. The first-order valence-corrected chi connectivity index (χ1v) is 7.97. The Labute approximate surface area is 127 Å². The average Bonchev–Trinajstić information content (AvgIpc) is 2.66. The SMILES string of the molecule is CCOC(=O)Nc1ccc(NC2CCCC(C)CC2)cc1. The number of ether oxygens (including phenoxy) is 1. The number of carbonyl (C=O) groups excluding carboxylic acids is 1. The molecule has 1 amide bonds. The molecule has 2 unspecified atom stereocenters. The van der Waals surface area contributed by atoms with Gasteiger partial charge in [0.2, 0.25) is 0 Å². The van der Waals surface area contributed by atoms with Gasteiger partial charge in [0, 0.05) is 17.4 Å². The van der Waals surface area contributed by atoms with Gasteiger partial charge in [-0.05, 0) is 56.4 Å². The topological polar surface area (TPSA) is 50.4 Å². The van der Waals surface area contributed by atoms with Crippen LogP contribution in [0, 0.1) is 5.92 Å². The van der Waals surface area contributed by atoms with Crippen molar-refractivity contribution < 1.29 is 9.53 Å². The molecule has 0 saturated heterocycles. The summed E-state index contributed by atoms with van der Waals surface area (Å²) in [5.74, 6) is 0.855. The molecule has 4 heteroatoms. The molecule has 0 spiro atoms. The number of amides is 1. The number of hydrogen-bond donors (Lipinski definition) is 2. The molecule has 1 saturated carbocycles. The summed E-state index contributed by atoms with van der Waals surface area (Å²) in [4.78, 5) is 11.3. The second-order valence-electron chi connectivity index (χ2n) is 5.88. The van der Waals surface area contributed by atoms with Gasteiger partial charge in [-0.15, -0.1) is 0 Å². The minimum absolute atomic E-state index is 0.381. The molecule has 0 radical (unpaired) electrons. The highest BCUT2D eigenvalue weighted by molar-refractivity contribution is 5.84. The van der Waals surface area contributed by atoms with Crippen LogP contribution in [0.3, 0.4) is 0 Å². The lowest BCUT2D eigenvalue weighted by atomic mass is 10.0. The first-order valence-electron chi connectivity index (χ1n) is 7.97. The maximum atomic E-state index is 11.3. The summed E-state index contributed by atoms with van der Waals surface area (Å²) >= 11 is 0. The lowest BCUT2D eigenvalue weighted by molar-refractivity contribution is 0.168. The number of benzene rings is 1. The number of rotatable bonds is 4. The van der Waals surface area contributed by atoms with Crippen LogP contribution >= 0.6 is 0 Å². The Morgan fingerprint density at radius 3 is 2.57 bits per heavy atom. The standard InChI is InChI=1S/C17H26N2O2/c1-3-21-17(20)19-16-11-9-15(10-12-16)18-14-6-4-5-13(2)7-8-14/h9-14,18H,3-8H2,1-2H3,(H,19,20). The summed E-state index contributed by atoms with van der Waals surface area (Å²) in [6, 6.07) is 8.39.